The van der Waals surface area contributed by atoms with Gasteiger partial charge in [0.2, 0.25) is 0 Å². The maximum absolute atomic E-state index is 12.4. The lowest BCUT2D eigenvalue weighted by Gasteiger charge is -2.14. The molecule has 1 fully saturated rings. The van der Waals surface area contributed by atoms with Gasteiger partial charge in [0, 0.05) is 11.0 Å². The summed E-state index contributed by atoms with van der Waals surface area (Å²) in [5.74, 6) is 0.746. The molecule has 1 heterocycles. The van der Waals surface area contributed by atoms with Crippen molar-refractivity contribution in [3.63, 3.8) is 0 Å². The number of halogens is 1. The Morgan fingerprint density at radius 1 is 1.06 bits per heavy atom. The Kier molecular flexibility index (Phi) is 5.95. The van der Waals surface area contributed by atoms with Crippen LogP contribution in [0.2, 0.25) is 0 Å². The normalized spacial score (nSPS) is 14.9. The smallest absolute Gasteiger partial charge is 0.328 e. The number of amides is 3. The summed E-state index contributed by atoms with van der Waals surface area (Å²) < 4.78 is 12.3. The lowest BCUT2D eigenvalue weighted by atomic mass is 10.1. The number of nitrogens with one attached hydrogen (secondary N) is 1. The molecule has 1 N–H and O–H groups in total. The molecule has 6 nitrogen and oxygen atoms in total. The molecule has 0 radical (unpaired) electrons. The van der Waals surface area contributed by atoms with E-state index in [2.05, 4.69) is 39.4 Å². The summed E-state index contributed by atoms with van der Waals surface area (Å²) in [5.41, 5.74) is 1.98. The number of imide groups is 1. The first-order valence-corrected chi connectivity index (χ1v) is 10.6. The average Bonchev–Trinajstić information content (AvgIpc) is 3.05. The Balaban J connectivity index is 1.60. The van der Waals surface area contributed by atoms with Crippen molar-refractivity contribution in [3.05, 3.63) is 75.9 Å². The molecule has 1 aliphatic rings. The number of benzene rings is 3. The van der Waals surface area contributed by atoms with E-state index in [0.717, 1.165) is 21.2 Å². The Bertz CT molecular complexity index is 1200. The lowest BCUT2D eigenvalue weighted by molar-refractivity contribution is -0.122. The number of nitrogens with zero attached hydrogens (tertiary/aromatic N) is 1. The van der Waals surface area contributed by atoms with Gasteiger partial charge in [0.05, 0.1) is 7.11 Å². The number of methoxy groups -OCH3 is 1. The van der Waals surface area contributed by atoms with Crippen LogP contribution < -0.4 is 14.8 Å². The molecule has 4 rings (SSSR count). The number of urea groups is 1. The Morgan fingerprint density at radius 3 is 2.58 bits per heavy atom. The van der Waals surface area contributed by atoms with Crippen LogP contribution in [0, 0.1) is 0 Å². The predicted molar refractivity (Wildman–Crippen MR) is 123 cm³/mol. The molecule has 3 aromatic carbocycles. The fourth-order valence-electron chi connectivity index (χ4n) is 3.52. The summed E-state index contributed by atoms with van der Waals surface area (Å²) in [6.45, 7) is 2.44. The molecule has 7 heteroatoms. The topological polar surface area (TPSA) is 67.9 Å². The van der Waals surface area contributed by atoms with Gasteiger partial charge in [-0.3, -0.25) is 9.69 Å². The van der Waals surface area contributed by atoms with Gasteiger partial charge in [0.25, 0.3) is 5.91 Å². The van der Waals surface area contributed by atoms with Crippen LogP contribution in [0.25, 0.3) is 16.8 Å². The van der Waals surface area contributed by atoms with Crippen LogP contribution in [0.3, 0.4) is 0 Å². The molecule has 0 atom stereocenters. The molecule has 158 valence electrons. The monoisotopic (exact) mass is 480 g/mol. The van der Waals surface area contributed by atoms with Gasteiger partial charge in [0.1, 0.15) is 12.3 Å². The van der Waals surface area contributed by atoms with Gasteiger partial charge < -0.3 is 14.8 Å². The van der Waals surface area contributed by atoms with E-state index in [1.54, 1.807) is 32.2 Å². The molecule has 31 heavy (non-hydrogen) atoms. The van der Waals surface area contributed by atoms with Crippen molar-refractivity contribution >= 4 is 44.7 Å². The van der Waals surface area contributed by atoms with Crippen LogP contribution in [-0.4, -0.2) is 30.5 Å². The molecular weight excluding hydrogens is 460 g/mol. The van der Waals surface area contributed by atoms with Gasteiger partial charge in [-0.1, -0.05) is 58.4 Å². The van der Waals surface area contributed by atoms with Crippen molar-refractivity contribution < 1.29 is 19.1 Å². The second-order valence-electron chi connectivity index (χ2n) is 6.99. The van der Waals surface area contributed by atoms with Gasteiger partial charge in [-0.15, -0.1) is 0 Å². The van der Waals surface area contributed by atoms with E-state index in [0.29, 0.717) is 34.7 Å². The van der Waals surface area contributed by atoms with E-state index < -0.39 is 6.03 Å². The number of carbonyl (C=O) groups excluding carboxylic acids is 2. The van der Waals surface area contributed by atoms with Gasteiger partial charge in [-0.25, -0.2) is 4.79 Å². The fourth-order valence-corrected chi connectivity index (χ4v) is 3.96. The van der Waals surface area contributed by atoms with Crippen LogP contribution in [0.5, 0.6) is 11.5 Å². The van der Waals surface area contributed by atoms with E-state index >= 15 is 0 Å². The summed E-state index contributed by atoms with van der Waals surface area (Å²) >= 11 is 3.53. The number of ether oxygens (including phenoxy) is 2. The highest BCUT2D eigenvalue weighted by Gasteiger charge is 2.32. The molecule has 0 bridgehead atoms. The highest BCUT2D eigenvalue weighted by atomic mass is 79.9. The molecule has 1 saturated heterocycles. The van der Waals surface area contributed by atoms with Crippen LogP contribution in [-0.2, 0) is 11.4 Å². The summed E-state index contributed by atoms with van der Waals surface area (Å²) in [6, 6.07) is 17.4. The van der Waals surface area contributed by atoms with Crippen LogP contribution in [0.1, 0.15) is 18.1 Å². The van der Waals surface area contributed by atoms with Crippen LogP contribution in [0.15, 0.2) is 64.8 Å². The zero-order valence-corrected chi connectivity index (χ0v) is 18.7. The van der Waals surface area contributed by atoms with E-state index in [4.69, 9.17) is 9.47 Å². The van der Waals surface area contributed by atoms with E-state index in [1.807, 2.05) is 24.3 Å². The summed E-state index contributed by atoms with van der Waals surface area (Å²) in [5, 5.41) is 4.90. The predicted octanol–water partition coefficient (Wildman–Crippen LogP) is 5.10. The Morgan fingerprint density at radius 2 is 1.84 bits per heavy atom. The Hall–Kier alpha value is -3.32. The fraction of sp³-hybridized carbons (Fsp3) is 0.167. The van der Waals surface area contributed by atoms with Crippen LogP contribution >= 0.6 is 15.9 Å². The number of rotatable bonds is 6. The summed E-state index contributed by atoms with van der Waals surface area (Å²) in [4.78, 5) is 25.4. The number of hydrogen-bond donors (Lipinski definition) is 1. The minimum absolute atomic E-state index is 0.221. The number of carbonyl (C=O) groups is 2. The molecule has 1 aliphatic heterocycles. The van der Waals surface area contributed by atoms with Gasteiger partial charge >= 0.3 is 6.03 Å². The van der Waals surface area contributed by atoms with Crippen LogP contribution in [0.4, 0.5) is 4.79 Å². The zero-order valence-electron chi connectivity index (χ0n) is 17.1. The first-order chi connectivity index (χ1) is 15.0. The third-order valence-corrected chi connectivity index (χ3v) is 5.81. The SMILES string of the molecule is CCN1C(=O)N/C(=C/c2cc(OC)c(OCc3cccc4ccccc34)cc2Br)C1=O. The molecule has 0 aliphatic carbocycles. The van der Waals surface area contributed by atoms with E-state index in [1.165, 1.54) is 0 Å². The van der Waals surface area contributed by atoms with Crippen molar-refractivity contribution in [1.82, 2.24) is 10.2 Å². The highest BCUT2D eigenvalue weighted by molar-refractivity contribution is 9.10. The molecule has 3 aromatic rings. The van der Waals surface area contributed by atoms with Gasteiger partial charge in [-0.05, 0) is 47.0 Å². The van der Waals surface area contributed by atoms with Crippen molar-refractivity contribution in [2.45, 2.75) is 13.5 Å². The standard InChI is InChI=1S/C24H21BrN2O4/c1-3-27-23(28)20(26-24(27)29)11-17-12-21(30-2)22(13-19(17)25)31-14-16-9-6-8-15-7-4-5-10-18(15)16/h4-13H,3,14H2,1-2H3,(H,26,29)/b20-11+. The first-order valence-electron chi connectivity index (χ1n) is 9.83. The largest absolute Gasteiger partial charge is 0.493 e. The molecular formula is C24H21BrN2O4. The number of likely N-dealkylation sites (N-methyl/N-ethyl adjacent to an activating group) is 1. The molecule has 3 amide bonds. The van der Waals surface area contributed by atoms with E-state index in [-0.39, 0.29) is 11.6 Å². The second kappa shape index (κ2) is 8.81. The van der Waals surface area contributed by atoms with Gasteiger partial charge in [0.15, 0.2) is 11.5 Å². The third-order valence-electron chi connectivity index (χ3n) is 5.12. The van der Waals surface area contributed by atoms with Crippen molar-refractivity contribution in [1.29, 1.82) is 0 Å². The first kappa shape index (κ1) is 20.9. The minimum Gasteiger partial charge on any atom is -0.493 e. The van der Waals surface area contributed by atoms with Crippen molar-refractivity contribution in [3.8, 4) is 11.5 Å². The zero-order chi connectivity index (χ0) is 22.0. The minimum atomic E-state index is -0.420. The molecule has 0 aromatic heterocycles. The van der Waals surface area contributed by atoms with Crippen molar-refractivity contribution in [2.24, 2.45) is 0 Å². The number of hydrogen-bond acceptors (Lipinski definition) is 4. The van der Waals surface area contributed by atoms with E-state index in [9.17, 15) is 9.59 Å². The molecule has 0 unspecified atom stereocenters. The second-order valence-corrected chi connectivity index (χ2v) is 7.84. The van der Waals surface area contributed by atoms with Gasteiger partial charge in [-0.2, -0.15) is 0 Å². The highest BCUT2D eigenvalue weighted by Crippen LogP contribution is 2.35. The van der Waals surface area contributed by atoms with Crippen molar-refractivity contribution in [2.75, 3.05) is 13.7 Å². The maximum atomic E-state index is 12.4. The average molecular weight is 481 g/mol. The lowest BCUT2D eigenvalue weighted by Crippen LogP contribution is -2.30. The summed E-state index contributed by atoms with van der Waals surface area (Å²) in [7, 11) is 1.56. The Labute approximate surface area is 188 Å². The quantitative estimate of drug-likeness (QED) is 0.393. The summed E-state index contributed by atoms with van der Waals surface area (Å²) in [6.07, 6.45) is 1.62. The molecule has 0 saturated carbocycles. The third kappa shape index (κ3) is 4.14. The maximum Gasteiger partial charge on any atom is 0.328 e. The molecule has 0 spiro atoms. The number of fused-ring (bicyclic) bond motifs is 1.